The minimum Gasteiger partial charge on any atom is -0.487 e. The van der Waals surface area contributed by atoms with Crippen LogP contribution in [0, 0.1) is 12.8 Å². The van der Waals surface area contributed by atoms with Crippen LogP contribution in [-0.4, -0.2) is 29.8 Å². The van der Waals surface area contributed by atoms with Gasteiger partial charge in [-0.1, -0.05) is 12.1 Å². The van der Waals surface area contributed by atoms with Crippen LogP contribution in [0.15, 0.2) is 36.5 Å². The van der Waals surface area contributed by atoms with Crippen LogP contribution in [0.4, 0.5) is 14.6 Å². The quantitative estimate of drug-likeness (QED) is 0.701. The smallest absolute Gasteiger partial charge is 0.272 e. The van der Waals surface area contributed by atoms with E-state index in [1.165, 1.54) is 12.3 Å². The molecular weight excluding hydrogens is 380 g/mol. The van der Waals surface area contributed by atoms with E-state index in [-0.39, 0.29) is 23.8 Å². The van der Waals surface area contributed by atoms with Gasteiger partial charge in [-0.05, 0) is 56.0 Å². The molecule has 29 heavy (non-hydrogen) atoms. The largest absolute Gasteiger partial charge is 0.487 e. The van der Waals surface area contributed by atoms with Gasteiger partial charge in [0, 0.05) is 17.7 Å². The highest BCUT2D eigenvalue weighted by Crippen LogP contribution is 2.30. The Morgan fingerprint density at radius 1 is 1.24 bits per heavy atom. The predicted molar refractivity (Wildman–Crippen MR) is 104 cm³/mol. The minimum atomic E-state index is -2.54. The van der Waals surface area contributed by atoms with E-state index in [0.29, 0.717) is 22.7 Å². The SMILES string of the molecule is Cc1cc(C(C)NC(=O)c2ccnc(NC(=O)C3CC3)c2)ccc1OCC(F)F. The summed E-state index contributed by atoms with van der Waals surface area (Å²) < 4.78 is 29.7. The van der Waals surface area contributed by atoms with E-state index in [4.69, 9.17) is 4.74 Å². The number of alkyl halides is 2. The van der Waals surface area contributed by atoms with Crippen LogP contribution in [0.2, 0.25) is 0 Å². The molecule has 2 aromatic rings. The molecule has 1 heterocycles. The van der Waals surface area contributed by atoms with Crippen LogP contribution in [0.25, 0.3) is 0 Å². The fraction of sp³-hybridized carbons (Fsp3) is 0.381. The van der Waals surface area contributed by atoms with Crippen LogP contribution >= 0.6 is 0 Å². The van der Waals surface area contributed by atoms with Gasteiger partial charge in [-0.3, -0.25) is 9.59 Å². The van der Waals surface area contributed by atoms with E-state index in [1.54, 1.807) is 31.2 Å². The average molecular weight is 403 g/mol. The van der Waals surface area contributed by atoms with Crippen molar-refractivity contribution in [3.63, 3.8) is 0 Å². The maximum atomic E-state index is 12.6. The lowest BCUT2D eigenvalue weighted by molar-refractivity contribution is -0.117. The maximum absolute atomic E-state index is 12.6. The molecule has 0 spiro atoms. The number of halogens is 2. The van der Waals surface area contributed by atoms with Crippen molar-refractivity contribution >= 4 is 17.6 Å². The Bertz CT molecular complexity index is 900. The number of rotatable bonds is 8. The molecule has 6 nitrogen and oxygen atoms in total. The van der Waals surface area contributed by atoms with Crippen LogP contribution < -0.4 is 15.4 Å². The number of carbonyl (C=O) groups is 2. The summed E-state index contributed by atoms with van der Waals surface area (Å²) in [7, 11) is 0. The predicted octanol–water partition coefficient (Wildman–Crippen LogP) is 3.87. The third kappa shape index (κ3) is 5.73. The Balaban J connectivity index is 1.62. The number of benzene rings is 1. The van der Waals surface area contributed by atoms with Gasteiger partial charge in [0.1, 0.15) is 18.2 Å². The average Bonchev–Trinajstić information content (AvgIpc) is 3.52. The Kier molecular flexibility index (Phi) is 6.41. The van der Waals surface area contributed by atoms with Crippen LogP contribution in [0.3, 0.4) is 0 Å². The van der Waals surface area contributed by atoms with Crippen molar-refractivity contribution in [1.82, 2.24) is 10.3 Å². The number of amides is 2. The minimum absolute atomic E-state index is 0.0465. The first-order valence-corrected chi connectivity index (χ1v) is 9.42. The lowest BCUT2D eigenvalue weighted by Gasteiger charge is -2.17. The summed E-state index contributed by atoms with van der Waals surface area (Å²) in [4.78, 5) is 28.5. The second kappa shape index (κ2) is 8.98. The van der Waals surface area contributed by atoms with E-state index in [9.17, 15) is 18.4 Å². The number of aryl methyl sites for hydroxylation is 1. The maximum Gasteiger partial charge on any atom is 0.272 e. The molecule has 2 amide bonds. The zero-order chi connectivity index (χ0) is 21.0. The lowest BCUT2D eigenvalue weighted by Crippen LogP contribution is -2.27. The molecule has 0 radical (unpaired) electrons. The molecule has 0 bridgehead atoms. The highest BCUT2D eigenvalue weighted by Gasteiger charge is 2.29. The third-order valence-electron chi connectivity index (χ3n) is 4.63. The van der Waals surface area contributed by atoms with Crippen molar-refractivity contribution in [2.45, 2.75) is 39.2 Å². The van der Waals surface area contributed by atoms with Crippen LogP contribution in [0.1, 0.15) is 47.3 Å². The normalized spacial score (nSPS) is 14.4. The van der Waals surface area contributed by atoms with E-state index in [2.05, 4.69) is 15.6 Å². The molecule has 1 aliphatic rings. The Morgan fingerprint density at radius 3 is 2.66 bits per heavy atom. The lowest BCUT2D eigenvalue weighted by atomic mass is 10.0. The molecule has 1 fully saturated rings. The van der Waals surface area contributed by atoms with Gasteiger partial charge in [0.2, 0.25) is 5.91 Å². The summed E-state index contributed by atoms with van der Waals surface area (Å²) in [6.07, 6.45) is 0.706. The molecule has 1 saturated carbocycles. The summed E-state index contributed by atoms with van der Waals surface area (Å²) in [6.45, 7) is 2.92. The summed E-state index contributed by atoms with van der Waals surface area (Å²) >= 11 is 0. The van der Waals surface area contributed by atoms with Crippen molar-refractivity contribution in [1.29, 1.82) is 0 Å². The Labute approximate surface area is 167 Å². The molecule has 0 saturated heterocycles. The fourth-order valence-corrected chi connectivity index (χ4v) is 2.83. The van der Waals surface area contributed by atoms with Gasteiger partial charge in [-0.15, -0.1) is 0 Å². The van der Waals surface area contributed by atoms with E-state index < -0.39 is 13.0 Å². The van der Waals surface area contributed by atoms with Gasteiger partial charge in [0.15, 0.2) is 0 Å². The molecule has 8 heteroatoms. The Hall–Kier alpha value is -3.03. The first-order valence-electron chi connectivity index (χ1n) is 9.42. The molecular formula is C21H23F2N3O3. The molecule has 154 valence electrons. The zero-order valence-electron chi connectivity index (χ0n) is 16.2. The monoisotopic (exact) mass is 403 g/mol. The van der Waals surface area contributed by atoms with E-state index >= 15 is 0 Å². The number of aromatic nitrogens is 1. The number of ether oxygens (including phenoxy) is 1. The topological polar surface area (TPSA) is 80.3 Å². The van der Waals surface area contributed by atoms with Gasteiger partial charge in [0.05, 0.1) is 6.04 Å². The number of pyridine rings is 1. The summed E-state index contributed by atoms with van der Waals surface area (Å²) in [6, 6.07) is 7.93. The van der Waals surface area contributed by atoms with Gasteiger partial charge >= 0.3 is 0 Å². The second-order valence-corrected chi connectivity index (χ2v) is 7.12. The second-order valence-electron chi connectivity index (χ2n) is 7.12. The molecule has 2 N–H and O–H groups in total. The zero-order valence-corrected chi connectivity index (χ0v) is 16.2. The highest BCUT2D eigenvalue weighted by molar-refractivity contribution is 5.97. The fourth-order valence-electron chi connectivity index (χ4n) is 2.83. The molecule has 1 aliphatic carbocycles. The van der Waals surface area contributed by atoms with Crippen molar-refractivity contribution in [2.24, 2.45) is 5.92 Å². The van der Waals surface area contributed by atoms with Crippen molar-refractivity contribution in [3.8, 4) is 5.75 Å². The number of anilines is 1. The number of hydrogen-bond acceptors (Lipinski definition) is 4. The molecule has 1 atom stereocenters. The highest BCUT2D eigenvalue weighted by atomic mass is 19.3. The van der Waals surface area contributed by atoms with Gasteiger partial charge in [-0.25, -0.2) is 13.8 Å². The molecule has 0 aliphatic heterocycles. The van der Waals surface area contributed by atoms with E-state index in [1.807, 2.05) is 6.92 Å². The molecule has 1 aromatic carbocycles. The van der Waals surface area contributed by atoms with Gasteiger partial charge < -0.3 is 15.4 Å². The standard InChI is InChI=1S/C21H23F2N3O3/c1-12-9-15(5-6-17(12)29-11-18(22)23)13(2)25-21(28)16-7-8-24-19(10-16)26-20(27)14-3-4-14/h5-10,13-14,18H,3-4,11H2,1-2H3,(H,25,28)(H,24,26,27). The third-order valence-corrected chi connectivity index (χ3v) is 4.63. The first-order chi connectivity index (χ1) is 13.8. The van der Waals surface area contributed by atoms with Crippen molar-refractivity contribution in [3.05, 3.63) is 53.2 Å². The molecule has 1 unspecified atom stereocenters. The van der Waals surface area contributed by atoms with E-state index in [0.717, 1.165) is 18.4 Å². The summed E-state index contributed by atoms with van der Waals surface area (Å²) in [5.41, 5.74) is 1.90. The number of hydrogen-bond donors (Lipinski definition) is 2. The van der Waals surface area contributed by atoms with Crippen molar-refractivity contribution < 1.29 is 23.1 Å². The van der Waals surface area contributed by atoms with Crippen LogP contribution in [0.5, 0.6) is 5.75 Å². The molecule has 3 rings (SSSR count). The van der Waals surface area contributed by atoms with Gasteiger partial charge in [0.25, 0.3) is 12.3 Å². The number of nitrogens with zero attached hydrogens (tertiary/aromatic N) is 1. The number of carbonyl (C=O) groups excluding carboxylic acids is 2. The first kappa shape index (κ1) is 20.7. The van der Waals surface area contributed by atoms with Crippen molar-refractivity contribution in [2.75, 3.05) is 11.9 Å². The summed E-state index contributed by atoms with van der Waals surface area (Å²) in [5.74, 6) is 0.395. The van der Waals surface area contributed by atoms with Gasteiger partial charge in [-0.2, -0.15) is 0 Å². The summed E-state index contributed by atoms with van der Waals surface area (Å²) in [5, 5.41) is 5.61. The molecule has 1 aromatic heterocycles. The Morgan fingerprint density at radius 2 is 2.00 bits per heavy atom. The number of nitrogens with one attached hydrogen (secondary N) is 2. The van der Waals surface area contributed by atoms with Crippen LogP contribution in [-0.2, 0) is 4.79 Å².